The molecule has 0 radical (unpaired) electrons. The van der Waals surface area contributed by atoms with Gasteiger partial charge in [0, 0.05) is 54.5 Å². The van der Waals surface area contributed by atoms with E-state index in [1.807, 2.05) is 7.05 Å². The fourth-order valence-electron chi connectivity index (χ4n) is 4.01. The lowest BCUT2D eigenvalue weighted by molar-refractivity contribution is 0.0664. The van der Waals surface area contributed by atoms with Crippen molar-refractivity contribution in [2.45, 2.75) is 4.90 Å². The van der Waals surface area contributed by atoms with Crippen LogP contribution in [0.5, 0.6) is 0 Å². The number of nitrogens with zero attached hydrogens (tertiary/aromatic N) is 3. The van der Waals surface area contributed by atoms with Gasteiger partial charge in [0.05, 0.1) is 21.1 Å². The first-order chi connectivity index (χ1) is 14.3. The molecular weight excluding hydrogens is 424 g/mol. The number of hydrogen-bond donors (Lipinski definition) is 1. The molecule has 1 saturated heterocycles. The van der Waals surface area contributed by atoms with Crippen LogP contribution >= 0.6 is 11.6 Å². The van der Waals surface area contributed by atoms with E-state index in [4.69, 9.17) is 11.6 Å². The minimum Gasteiger partial charge on any atom is -0.336 e. The Morgan fingerprint density at radius 2 is 1.87 bits per heavy atom. The first-order valence-corrected chi connectivity index (χ1v) is 11.4. The average Bonchev–Trinajstić information content (AvgIpc) is 2.75. The van der Waals surface area contributed by atoms with Gasteiger partial charge in [-0.3, -0.25) is 14.5 Å². The zero-order valence-corrected chi connectivity index (χ0v) is 17.8. The van der Waals surface area contributed by atoms with Crippen molar-refractivity contribution < 1.29 is 13.2 Å². The van der Waals surface area contributed by atoms with E-state index >= 15 is 0 Å². The summed E-state index contributed by atoms with van der Waals surface area (Å²) in [4.78, 5) is 21.5. The molecule has 0 unspecified atom stereocenters. The molecule has 2 aromatic carbocycles. The highest BCUT2D eigenvalue weighted by Crippen LogP contribution is 2.45. The third-order valence-electron chi connectivity index (χ3n) is 5.68. The molecule has 1 fully saturated rings. The summed E-state index contributed by atoms with van der Waals surface area (Å²) in [5.41, 5.74) is 2.39. The van der Waals surface area contributed by atoms with E-state index in [9.17, 15) is 13.2 Å². The normalized spacial score (nSPS) is 17.9. The van der Waals surface area contributed by atoms with Crippen LogP contribution in [0.15, 0.2) is 47.5 Å². The van der Waals surface area contributed by atoms with Crippen LogP contribution in [0.1, 0.15) is 10.4 Å². The van der Waals surface area contributed by atoms with Gasteiger partial charge in [0.25, 0.3) is 15.9 Å². The first-order valence-electron chi connectivity index (χ1n) is 9.57. The number of carbonyl (C=O) groups is 1. The van der Waals surface area contributed by atoms with E-state index in [1.54, 1.807) is 41.4 Å². The number of aromatic nitrogens is 1. The number of nitrogens with one attached hydrogen (secondary N) is 1. The van der Waals surface area contributed by atoms with Crippen LogP contribution in [0.25, 0.3) is 22.0 Å². The third-order valence-corrected chi connectivity index (χ3v) is 7.40. The van der Waals surface area contributed by atoms with Crippen LogP contribution in [-0.2, 0) is 10.0 Å². The number of likely N-dealkylation sites (N-methyl/N-ethyl adjacent to an activating group) is 1. The van der Waals surface area contributed by atoms with Crippen LogP contribution in [0.3, 0.4) is 0 Å². The second-order valence-electron chi connectivity index (χ2n) is 7.59. The molecule has 3 aromatic rings. The summed E-state index contributed by atoms with van der Waals surface area (Å²) in [6, 6.07) is 9.98. The van der Waals surface area contributed by atoms with Gasteiger partial charge in [-0.2, -0.15) is 0 Å². The van der Waals surface area contributed by atoms with Crippen molar-refractivity contribution >= 4 is 44.1 Å². The maximum atomic E-state index is 13.0. The number of rotatable bonds is 1. The Hall–Kier alpha value is -2.68. The summed E-state index contributed by atoms with van der Waals surface area (Å²) in [5.74, 6) is -0.103. The Bertz CT molecular complexity index is 1300. The van der Waals surface area contributed by atoms with Gasteiger partial charge >= 0.3 is 0 Å². The summed E-state index contributed by atoms with van der Waals surface area (Å²) in [6.07, 6.45) is 1.59. The number of hydrogen-bond acceptors (Lipinski definition) is 5. The Morgan fingerprint density at radius 1 is 1.10 bits per heavy atom. The molecule has 0 atom stereocenters. The Kier molecular flexibility index (Phi) is 4.46. The van der Waals surface area contributed by atoms with Crippen molar-refractivity contribution in [2.75, 3.05) is 37.9 Å². The quantitative estimate of drug-likeness (QED) is 0.626. The third kappa shape index (κ3) is 3.03. The SMILES string of the molecule is CN1CCN(C(=O)c2ccc3c(c2)-c2cc(Cl)c4cccnc4c2NS3(=O)=O)CC1. The predicted octanol–water partition coefficient (Wildman–Crippen LogP) is 3.06. The molecule has 5 rings (SSSR count). The van der Waals surface area contributed by atoms with Crippen molar-refractivity contribution in [1.82, 2.24) is 14.8 Å². The molecule has 0 aliphatic carbocycles. The van der Waals surface area contributed by atoms with Crippen molar-refractivity contribution in [3.63, 3.8) is 0 Å². The highest BCUT2D eigenvalue weighted by Gasteiger charge is 2.31. The number of benzene rings is 2. The molecule has 30 heavy (non-hydrogen) atoms. The van der Waals surface area contributed by atoms with E-state index < -0.39 is 10.0 Å². The van der Waals surface area contributed by atoms with Gasteiger partial charge in [-0.05, 0) is 43.4 Å². The highest BCUT2D eigenvalue weighted by molar-refractivity contribution is 7.93. The lowest BCUT2D eigenvalue weighted by Gasteiger charge is -2.32. The number of anilines is 1. The van der Waals surface area contributed by atoms with Crippen LogP contribution in [-0.4, -0.2) is 62.3 Å². The van der Waals surface area contributed by atoms with E-state index in [-0.39, 0.29) is 10.8 Å². The largest absolute Gasteiger partial charge is 0.336 e. The summed E-state index contributed by atoms with van der Waals surface area (Å²) in [6.45, 7) is 2.91. The fraction of sp³-hybridized carbons (Fsp3) is 0.238. The summed E-state index contributed by atoms with van der Waals surface area (Å²) in [7, 11) is -1.77. The maximum absolute atomic E-state index is 13.0. The number of fused-ring (bicyclic) bond motifs is 5. The van der Waals surface area contributed by atoms with Gasteiger partial charge in [0.1, 0.15) is 0 Å². The molecule has 0 saturated carbocycles. The molecule has 1 aromatic heterocycles. The van der Waals surface area contributed by atoms with Crippen LogP contribution in [0.4, 0.5) is 5.69 Å². The zero-order valence-electron chi connectivity index (χ0n) is 16.2. The minimum absolute atomic E-state index is 0.103. The van der Waals surface area contributed by atoms with Gasteiger partial charge in [-0.15, -0.1) is 0 Å². The highest BCUT2D eigenvalue weighted by atomic mass is 35.5. The van der Waals surface area contributed by atoms with Crippen molar-refractivity contribution in [2.24, 2.45) is 0 Å². The van der Waals surface area contributed by atoms with E-state index in [0.717, 1.165) is 13.1 Å². The Balaban J connectivity index is 1.67. The molecule has 0 bridgehead atoms. The summed E-state index contributed by atoms with van der Waals surface area (Å²) in [5, 5.41) is 1.13. The monoisotopic (exact) mass is 442 g/mol. The summed E-state index contributed by atoms with van der Waals surface area (Å²) >= 11 is 6.47. The second kappa shape index (κ2) is 6.94. The smallest absolute Gasteiger partial charge is 0.262 e. The molecule has 0 spiro atoms. The van der Waals surface area contributed by atoms with Gasteiger partial charge in [-0.25, -0.2) is 8.42 Å². The zero-order chi connectivity index (χ0) is 21.0. The minimum atomic E-state index is -3.80. The van der Waals surface area contributed by atoms with Crippen molar-refractivity contribution in [3.8, 4) is 11.1 Å². The van der Waals surface area contributed by atoms with Crippen LogP contribution < -0.4 is 4.72 Å². The van der Waals surface area contributed by atoms with Gasteiger partial charge in [0.2, 0.25) is 0 Å². The van der Waals surface area contributed by atoms with Crippen molar-refractivity contribution in [3.05, 3.63) is 53.2 Å². The predicted molar refractivity (Wildman–Crippen MR) is 116 cm³/mol. The molecule has 7 nitrogen and oxygen atoms in total. The van der Waals surface area contributed by atoms with Crippen LogP contribution in [0.2, 0.25) is 5.02 Å². The van der Waals surface area contributed by atoms with E-state index in [0.29, 0.717) is 51.4 Å². The van der Waals surface area contributed by atoms with Gasteiger partial charge in [-0.1, -0.05) is 11.6 Å². The first kappa shape index (κ1) is 19.3. The number of piperazine rings is 1. The van der Waals surface area contributed by atoms with E-state index in [1.165, 1.54) is 6.07 Å². The molecule has 154 valence electrons. The fourth-order valence-corrected chi connectivity index (χ4v) is 5.56. The second-order valence-corrected chi connectivity index (χ2v) is 9.65. The number of halogens is 1. The lowest BCUT2D eigenvalue weighted by atomic mass is 9.98. The Morgan fingerprint density at radius 3 is 2.63 bits per heavy atom. The maximum Gasteiger partial charge on any atom is 0.262 e. The Labute approximate surface area is 179 Å². The number of carbonyl (C=O) groups excluding carboxylic acids is 1. The molecule has 3 heterocycles. The van der Waals surface area contributed by atoms with Gasteiger partial charge < -0.3 is 9.80 Å². The molecular formula is C21H19ClN4O3S. The van der Waals surface area contributed by atoms with E-state index in [2.05, 4.69) is 14.6 Å². The van der Waals surface area contributed by atoms with Crippen LogP contribution in [0, 0.1) is 0 Å². The standard InChI is InChI=1S/C21H19ClN4O3S/c1-25-7-9-26(10-8-25)21(27)13-4-5-18-15(11-13)16-12-17(22)14-3-2-6-23-19(14)20(16)24-30(18,28)29/h2-6,11-12,24H,7-10H2,1H3. The topological polar surface area (TPSA) is 82.6 Å². The summed E-state index contributed by atoms with van der Waals surface area (Å²) < 4.78 is 28.5. The van der Waals surface area contributed by atoms with Crippen molar-refractivity contribution in [1.29, 1.82) is 0 Å². The molecule has 2 aliphatic rings. The molecule has 1 N–H and O–H groups in total. The van der Waals surface area contributed by atoms with Gasteiger partial charge in [0.15, 0.2) is 0 Å². The number of sulfonamides is 1. The number of amides is 1. The number of pyridine rings is 1. The lowest BCUT2D eigenvalue weighted by Crippen LogP contribution is -2.47. The molecule has 9 heteroatoms. The molecule has 1 amide bonds. The molecule has 2 aliphatic heterocycles. The average molecular weight is 443 g/mol.